The Labute approximate surface area is 93.3 Å². The molecule has 1 aliphatic heterocycles. The highest BCUT2D eigenvalue weighted by molar-refractivity contribution is 6.34. The second-order valence-corrected chi connectivity index (χ2v) is 4.97. The van der Waals surface area contributed by atoms with E-state index in [4.69, 9.17) is 9.31 Å². The molecule has 1 aliphatic rings. The van der Waals surface area contributed by atoms with Gasteiger partial charge in [-0.25, -0.2) is 0 Å². The van der Waals surface area contributed by atoms with Crippen LogP contribution in [-0.4, -0.2) is 24.6 Å². The highest BCUT2D eigenvalue weighted by Gasteiger charge is 2.35. The summed E-state index contributed by atoms with van der Waals surface area (Å²) in [5, 5.41) is 9.44. The average molecular weight is 214 g/mol. The van der Waals surface area contributed by atoms with Crippen molar-refractivity contribution >= 4 is 7.32 Å². The van der Waals surface area contributed by atoms with Gasteiger partial charge in [0.15, 0.2) is 0 Å². The van der Waals surface area contributed by atoms with Gasteiger partial charge < -0.3 is 14.3 Å². The summed E-state index contributed by atoms with van der Waals surface area (Å²) in [6, 6.07) is 0. The van der Waals surface area contributed by atoms with Crippen molar-refractivity contribution in [1.29, 1.82) is 0 Å². The highest BCUT2D eigenvalue weighted by atomic mass is 16.7. The Kier molecular flexibility index (Phi) is 5.10. The van der Waals surface area contributed by atoms with Gasteiger partial charge in [-0.3, -0.25) is 0 Å². The summed E-state index contributed by atoms with van der Waals surface area (Å²) in [6.45, 7) is 8.63. The van der Waals surface area contributed by atoms with Gasteiger partial charge in [-0.1, -0.05) is 34.1 Å². The molecule has 4 heteroatoms. The molecule has 1 fully saturated rings. The minimum Gasteiger partial charge on any atom is -0.402 e. The number of rotatable bonds is 4. The van der Waals surface area contributed by atoms with E-state index in [1.807, 2.05) is 0 Å². The molecule has 88 valence electrons. The van der Waals surface area contributed by atoms with Crippen LogP contribution in [0.3, 0.4) is 0 Å². The van der Waals surface area contributed by atoms with E-state index in [9.17, 15) is 5.02 Å². The Morgan fingerprint density at radius 1 is 1.33 bits per heavy atom. The summed E-state index contributed by atoms with van der Waals surface area (Å²) >= 11 is 0. The van der Waals surface area contributed by atoms with E-state index < -0.39 is 7.32 Å². The summed E-state index contributed by atoms with van der Waals surface area (Å²) in [7, 11) is -1.03. The van der Waals surface area contributed by atoms with Crippen LogP contribution in [0.15, 0.2) is 0 Å². The summed E-state index contributed by atoms with van der Waals surface area (Å²) in [6.07, 6.45) is 3.35. The van der Waals surface area contributed by atoms with Gasteiger partial charge >= 0.3 is 7.32 Å². The van der Waals surface area contributed by atoms with Crippen molar-refractivity contribution in [3.8, 4) is 0 Å². The van der Waals surface area contributed by atoms with Crippen LogP contribution in [0.2, 0.25) is 0 Å². The first-order chi connectivity index (χ1) is 7.02. The number of hydrogen-bond acceptors (Lipinski definition) is 3. The molecule has 0 bridgehead atoms. The molecule has 0 aliphatic carbocycles. The normalized spacial score (nSPS) is 29.6. The lowest BCUT2D eigenvalue weighted by atomic mass is 9.90. The SMILES string of the molecule is CCC(C)CC1CC(C(C)C)OB(O)O1. The maximum absolute atomic E-state index is 9.44. The van der Waals surface area contributed by atoms with Crippen LogP contribution in [0.5, 0.6) is 0 Å². The molecule has 1 saturated heterocycles. The van der Waals surface area contributed by atoms with Crippen molar-refractivity contribution in [2.45, 2.75) is 59.2 Å². The maximum Gasteiger partial charge on any atom is 0.637 e. The third-order valence-electron chi connectivity index (χ3n) is 3.20. The van der Waals surface area contributed by atoms with Crippen molar-refractivity contribution in [1.82, 2.24) is 0 Å². The molecule has 0 aromatic rings. The lowest BCUT2D eigenvalue weighted by Crippen LogP contribution is -2.44. The minimum absolute atomic E-state index is 0.128. The van der Waals surface area contributed by atoms with Crippen molar-refractivity contribution < 1.29 is 14.3 Å². The second kappa shape index (κ2) is 5.87. The van der Waals surface area contributed by atoms with Crippen LogP contribution in [0.25, 0.3) is 0 Å². The van der Waals surface area contributed by atoms with Gasteiger partial charge in [0, 0.05) is 12.2 Å². The highest BCUT2D eigenvalue weighted by Crippen LogP contribution is 2.25. The van der Waals surface area contributed by atoms with E-state index >= 15 is 0 Å². The van der Waals surface area contributed by atoms with E-state index in [0.717, 1.165) is 19.3 Å². The smallest absolute Gasteiger partial charge is 0.402 e. The van der Waals surface area contributed by atoms with Crippen molar-refractivity contribution in [3.63, 3.8) is 0 Å². The van der Waals surface area contributed by atoms with Crippen molar-refractivity contribution in [2.75, 3.05) is 0 Å². The Morgan fingerprint density at radius 3 is 2.53 bits per heavy atom. The first kappa shape index (κ1) is 13.0. The average Bonchev–Trinajstić information content (AvgIpc) is 2.16. The lowest BCUT2D eigenvalue weighted by molar-refractivity contribution is -0.0419. The first-order valence-electron chi connectivity index (χ1n) is 6.01. The predicted molar refractivity (Wildman–Crippen MR) is 61.2 cm³/mol. The zero-order valence-corrected chi connectivity index (χ0v) is 10.3. The molecule has 0 spiro atoms. The fraction of sp³-hybridized carbons (Fsp3) is 1.00. The molecule has 3 atom stereocenters. The standard InChI is InChI=1S/C11H23BO3/c1-5-9(4)6-10-7-11(8(2)3)15-12(13)14-10/h8-11,13H,5-7H2,1-4H3. The predicted octanol–water partition coefficient (Wildman–Crippen LogP) is 2.23. The largest absolute Gasteiger partial charge is 0.637 e. The molecule has 0 radical (unpaired) electrons. The van der Waals surface area contributed by atoms with E-state index in [2.05, 4.69) is 27.7 Å². The first-order valence-corrected chi connectivity index (χ1v) is 6.01. The molecule has 0 saturated carbocycles. The summed E-state index contributed by atoms with van der Waals surface area (Å²) in [5.41, 5.74) is 0. The molecule has 1 rings (SSSR count). The van der Waals surface area contributed by atoms with Crippen molar-refractivity contribution in [2.24, 2.45) is 11.8 Å². The lowest BCUT2D eigenvalue weighted by Gasteiger charge is -2.34. The summed E-state index contributed by atoms with van der Waals surface area (Å²) in [4.78, 5) is 0. The van der Waals surface area contributed by atoms with Crippen LogP contribution < -0.4 is 0 Å². The van der Waals surface area contributed by atoms with E-state index in [0.29, 0.717) is 11.8 Å². The van der Waals surface area contributed by atoms with Crippen LogP contribution in [0.4, 0.5) is 0 Å². The Bertz CT molecular complexity index is 187. The van der Waals surface area contributed by atoms with Gasteiger partial charge in [0.2, 0.25) is 0 Å². The fourth-order valence-electron chi connectivity index (χ4n) is 1.91. The summed E-state index contributed by atoms with van der Waals surface area (Å²) < 4.78 is 10.7. The summed E-state index contributed by atoms with van der Waals surface area (Å²) in [5.74, 6) is 1.08. The topological polar surface area (TPSA) is 38.7 Å². The van der Waals surface area contributed by atoms with Gasteiger partial charge in [-0.05, 0) is 24.7 Å². The third kappa shape index (κ3) is 4.13. The molecule has 3 nitrogen and oxygen atoms in total. The van der Waals surface area contributed by atoms with E-state index in [1.165, 1.54) is 0 Å². The molecule has 0 amide bonds. The third-order valence-corrected chi connectivity index (χ3v) is 3.20. The Morgan fingerprint density at radius 2 is 2.00 bits per heavy atom. The molecular weight excluding hydrogens is 191 g/mol. The van der Waals surface area contributed by atoms with Crippen LogP contribution in [0.1, 0.15) is 47.0 Å². The van der Waals surface area contributed by atoms with Gasteiger partial charge in [-0.15, -0.1) is 0 Å². The zero-order valence-electron chi connectivity index (χ0n) is 10.3. The molecule has 0 aromatic carbocycles. The molecule has 3 unspecified atom stereocenters. The minimum atomic E-state index is -1.03. The van der Waals surface area contributed by atoms with Crippen molar-refractivity contribution in [3.05, 3.63) is 0 Å². The van der Waals surface area contributed by atoms with Crippen LogP contribution in [0, 0.1) is 11.8 Å². The fourth-order valence-corrected chi connectivity index (χ4v) is 1.91. The van der Waals surface area contributed by atoms with Crippen LogP contribution >= 0.6 is 0 Å². The van der Waals surface area contributed by atoms with Gasteiger partial charge in [0.25, 0.3) is 0 Å². The molecule has 1 heterocycles. The molecule has 0 aromatic heterocycles. The van der Waals surface area contributed by atoms with E-state index in [-0.39, 0.29) is 12.2 Å². The van der Waals surface area contributed by atoms with Gasteiger partial charge in [0.1, 0.15) is 0 Å². The maximum atomic E-state index is 9.44. The molecule has 15 heavy (non-hydrogen) atoms. The quantitative estimate of drug-likeness (QED) is 0.729. The van der Waals surface area contributed by atoms with Gasteiger partial charge in [0.05, 0.1) is 0 Å². The zero-order chi connectivity index (χ0) is 11.4. The second-order valence-electron chi connectivity index (χ2n) is 4.97. The Balaban J connectivity index is 2.44. The van der Waals surface area contributed by atoms with E-state index in [1.54, 1.807) is 0 Å². The van der Waals surface area contributed by atoms with Gasteiger partial charge in [-0.2, -0.15) is 0 Å². The number of hydrogen-bond donors (Lipinski definition) is 1. The molecule has 1 N–H and O–H groups in total. The van der Waals surface area contributed by atoms with Crippen LogP contribution in [-0.2, 0) is 9.31 Å². The Hall–Kier alpha value is -0.0551. The molecular formula is C11H23BO3. The monoisotopic (exact) mass is 214 g/mol.